The van der Waals surface area contributed by atoms with Crippen LogP contribution in [0.3, 0.4) is 0 Å². The van der Waals surface area contributed by atoms with Gasteiger partial charge in [0.15, 0.2) is 0 Å². The van der Waals surface area contributed by atoms with Crippen LogP contribution in [0.15, 0.2) is 11.3 Å². The zero-order chi connectivity index (χ0) is 7.28. The van der Waals surface area contributed by atoms with Gasteiger partial charge in [-0.15, -0.1) is 0 Å². The molecule has 0 aromatic heterocycles. The van der Waals surface area contributed by atoms with Crippen LogP contribution in [0, 0.1) is 0 Å². The fourth-order valence-corrected chi connectivity index (χ4v) is 0.344. The third-order valence-corrected chi connectivity index (χ3v) is 0.940. The summed E-state index contributed by atoms with van der Waals surface area (Å²) in [5.74, 6) is -0.361. The van der Waals surface area contributed by atoms with Gasteiger partial charge >= 0.3 is 0 Å². The Morgan fingerprint density at radius 3 is 1.44 bits per heavy atom. The molecule has 0 aliphatic carbocycles. The lowest BCUT2D eigenvalue weighted by Gasteiger charge is -2.00. The highest BCUT2D eigenvalue weighted by Crippen LogP contribution is 1.96. The maximum Gasteiger partial charge on any atom is 0.121 e. The van der Waals surface area contributed by atoms with Crippen molar-refractivity contribution in [3.05, 3.63) is 11.3 Å². The Hall–Kier alpha value is -0.580. The summed E-state index contributed by atoms with van der Waals surface area (Å²) in [6.45, 7) is -1.40. The van der Waals surface area contributed by atoms with E-state index in [1.807, 2.05) is 0 Å². The van der Waals surface area contributed by atoms with Crippen LogP contribution in [0.25, 0.3) is 0 Å². The number of aliphatic hydroxyl groups excluding tert-OH is 4. The fraction of sp³-hybridized carbons (Fsp3) is 0.600. The van der Waals surface area contributed by atoms with Crippen molar-refractivity contribution in [2.45, 2.75) is 0 Å². The molecule has 0 bridgehead atoms. The molecule has 9 heavy (non-hydrogen) atoms. The topological polar surface area (TPSA) is 80.9 Å². The lowest BCUT2D eigenvalue weighted by Crippen LogP contribution is -2.04. The molecule has 0 atom stereocenters. The average molecular weight is 134 g/mol. The second-order valence-corrected chi connectivity index (χ2v) is 1.52. The molecule has 0 heterocycles. The molecule has 0 radical (unpaired) electrons. The number of hydrogen-bond donors (Lipinski definition) is 4. The highest BCUT2D eigenvalue weighted by molar-refractivity contribution is 5.07. The van der Waals surface area contributed by atoms with E-state index in [2.05, 4.69) is 0 Å². The Kier molecular flexibility index (Phi) is 4.04. The average Bonchev–Trinajstić information content (AvgIpc) is 1.90. The van der Waals surface area contributed by atoms with E-state index < -0.39 is 19.8 Å². The molecular weight excluding hydrogens is 124 g/mol. The van der Waals surface area contributed by atoms with E-state index in [1.165, 1.54) is 0 Å². The predicted molar refractivity (Wildman–Crippen MR) is 30.9 cm³/mol. The third-order valence-electron chi connectivity index (χ3n) is 0.940. The van der Waals surface area contributed by atoms with Gasteiger partial charge in [0.1, 0.15) is 12.4 Å². The van der Waals surface area contributed by atoms with Crippen molar-refractivity contribution >= 4 is 0 Å². The summed E-state index contributed by atoms with van der Waals surface area (Å²) in [5.41, 5.74) is 0.0532. The van der Waals surface area contributed by atoms with E-state index in [4.69, 9.17) is 20.4 Å². The molecule has 0 aromatic carbocycles. The van der Waals surface area contributed by atoms with Crippen LogP contribution in [-0.2, 0) is 0 Å². The van der Waals surface area contributed by atoms with E-state index in [-0.39, 0.29) is 11.3 Å². The van der Waals surface area contributed by atoms with Crippen LogP contribution >= 0.6 is 0 Å². The van der Waals surface area contributed by atoms with Crippen LogP contribution in [0.1, 0.15) is 0 Å². The SMILES string of the molecule is OCC(O)=C(CO)CO. The van der Waals surface area contributed by atoms with Crippen molar-refractivity contribution in [1.82, 2.24) is 0 Å². The van der Waals surface area contributed by atoms with Gasteiger partial charge in [0.05, 0.1) is 13.2 Å². The van der Waals surface area contributed by atoms with Gasteiger partial charge in [-0.1, -0.05) is 0 Å². The Labute approximate surface area is 52.7 Å². The minimum atomic E-state index is -0.545. The Bertz CT molecular complexity index is 102. The Morgan fingerprint density at radius 2 is 1.33 bits per heavy atom. The molecule has 0 aromatic rings. The van der Waals surface area contributed by atoms with Gasteiger partial charge in [0.25, 0.3) is 0 Å². The van der Waals surface area contributed by atoms with Crippen molar-refractivity contribution in [1.29, 1.82) is 0 Å². The first-order valence-electron chi connectivity index (χ1n) is 2.48. The standard InChI is InChI=1S/C5H10O4/c6-1-4(2-7)5(9)3-8/h6-9H,1-3H2. The molecule has 0 rings (SSSR count). The first-order valence-corrected chi connectivity index (χ1v) is 2.48. The van der Waals surface area contributed by atoms with Crippen LogP contribution in [0.4, 0.5) is 0 Å². The minimum Gasteiger partial charge on any atom is -0.510 e. The van der Waals surface area contributed by atoms with Crippen LogP contribution in [-0.4, -0.2) is 40.2 Å². The van der Waals surface area contributed by atoms with Gasteiger partial charge in [-0.25, -0.2) is 0 Å². The first kappa shape index (κ1) is 8.42. The summed E-state index contributed by atoms with van der Waals surface area (Å²) >= 11 is 0. The Balaban J connectivity index is 4.01. The molecule has 0 spiro atoms. The molecule has 0 amide bonds. The molecule has 54 valence electrons. The molecule has 4 N–H and O–H groups in total. The van der Waals surface area contributed by atoms with E-state index in [0.29, 0.717) is 0 Å². The summed E-state index contributed by atoms with van der Waals surface area (Å²) in [6.07, 6.45) is 0. The van der Waals surface area contributed by atoms with Gasteiger partial charge in [-0.3, -0.25) is 0 Å². The normalized spacial score (nSPS) is 9.22. The lowest BCUT2D eigenvalue weighted by molar-refractivity contribution is 0.221. The zero-order valence-electron chi connectivity index (χ0n) is 4.91. The predicted octanol–water partition coefficient (Wildman–Crippen LogP) is -1.22. The zero-order valence-corrected chi connectivity index (χ0v) is 4.91. The summed E-state index contributed by atoms with van der Waals surface area (Å²) in [7, 11) is 0. The summed E-state index contributed by atoms with van der Waals surface area (Å²) < 4.78 is 0. The van der Waals surface area contributed by atoms with E-state index in [9.17, 15) is 0 Å². The summed E-state index contributed by atoms with van der Waals surface area (Å²) in [4.78, 5) is 0. The van der Waals surface area contributed by atoms with E-state index >= 15 is 0 Å². The van der Waals surface area contributed by atoms with E-state index in [1.54, 1.807) is 0 Å². The molecule has 0 saturated carbocycles. The van der Waals surface area contributed by atoms with Crippen molar-refractivity contribution < 1.29 is 20.4 Å². The fourth-order valence-electron chi connectivity index (χ4n) is 0.344. The molecule has 0 unspecified atom stereocenters. The van der Waals surface area contributed by atoms with Crippen molar-refractivity contribution in [3.8, 4) is 0 Å². The lowest BCUT2D eigenvalue weighted by atomic mass is 10.2. The molecule has 0 aliphatic heterocycles. The number of aliphatic hydroxyl groups is 4. The smallest absolute Gasteiger partial charge is 0.121 e. The number of hydrogen-bond acceptors (Lipinski definition) is 4. The first-order chi connectivity index (χ1) is 4.26. The molecule has 0 aliphatic rings. The second-order valence-electron chi connectivity index (χ2n) is 1.52. The highest BCUT2D eigenvalue weighted by atomic mass is 16.3. The Morgan fingerprint density at radius 1 is 0.889 bits per heavy atom. The maximum absolute atomic E-state index is 8.63. The minimum absolute atomic E-state index is 0.0532. The van der Waals surface area contributed by atoms with Crippen molar-refractivity contribution in [3.63, 3.8) is 0 Å². The van der Waals surface area contributed by atoms with Gasteiger partial charge in [-0.05, 0) is 0 Å². The highest BCUT2D eigenvalue weighted by Gasteiger charge is 1.99. The summed E-state index contributed by atoms with van der Waals surface area (Å²) in [5, 5.41) is 33.5. The quantitative estimate of drug-likeness (QED) is 0.364. The second kappa shape index (κ2) is 4.31. The molecular formula is C5H10O4. The number of rotatable bonds is 3. The van der Waals surface area contributed by atoms with Crippen LogP contribution in [0.2, 0.25) is 0 Å². The monoisotopic (exact) mass is 134 g/mol. The van der Waals surface area contributed by atoms with Crippen LogP contribution in [0.5, 0.6) is 0 Å². The molecule has 4 nitrogen and oxygen atoms in total. The third kappa shape index (κ3) is 2.46. The summed E-state index contributed by atoms with van der Waals surface area (Å²) in [6, 6.07) is 0. The molecule has 0 saturated heterocycles. The van der Waals surface area contributed by atoms with E-state index in [0.717, 1.165) is 0 Å². The largest absolute Gasteiger partial charge is 0.510 e. The van der Waals surface area contributed by atoms with Crippen molar-refractivity contribution in [2.75, 3.05) is 19.8 Å². The van der Waals surface area contributed by atoms with Gasteiger partial charge < -0.3 is 20.4 Å². The van der Waals surface area contributed by atoms with Gasteiger partial charge in [-0.2, -0.15) is 0 Å². The molecule has 0 fully saturated rings. The maximum atomic E-state index is 8.63. The van der Waals surface area contributed by atoms with Gasteiger partial charge in [0.2, 0.25) is 0 Å². The molecule has 4 heteroatoms. The van der Waals surface area contributed by atoms with Gasteiger partial charge in [0, 0.05) is 5.57 Å². The van der Waals surface area contributed by atoms with Crippen molar-refractivity contribution in [2.24, 2.45) is 0 Å². The van der Waals surface area contributed by atoms with Crippen LogP contribution < -0.4 is 0 Å².